The lowest BCUT2D eigenvalue weighted by Crippen LogP contribution is -2.07. The summed E-state index contributed by atoms with van der Waals surface area (Å²) in [6.07, 6.45) is 0. The van der Waals surface area contributed by atoms with Gasteiger partial charge in [0.2, 0.25) is 5.89 Å². The van der Waals surface area contributed by atoms with Crippen molar-refractivity contribution in [1.82, 2.24) is 4.98 Å². The van der Waals surface area contributed by atoms with Crippen molar-refractivity contribution in [2.75, 3.05) is 0 Å². The van der Waals surface area contributed by atoms with E-state index in [4.69, 9.17) is 4.42 Å². The van der Waals surface area contributed by atoms with Crippen LogP contribution in [0, 0.1) is 21.7 Å². The number of non-ortho nitro benzene ring substituents is 1. The van der Waals surface area contributed by atoms with E-state index in [1.165, 1.54) is 12.1 Å². The Balaban J connectivity index is 2.37. The van der Waals surface area contributed by atoms with Crippen LogP contribution in [0.15, 0.2) is 45.6 Å². The normalized spacial score (nSPS) is 10.8. The van der Waals surface area contributed by atoms with Crippen molar-refractivity contribution in [3.8, 4) is 11.5 Å². The zero-order chi connectivity index (χ0) is 15.9. The van der Waals surface area contributed by atoms with Crippen LogP contribution in [0.3, 0.4) is 0 Å². The number of fused-ring (bicyclic) bond motifs is 1. The molecule has 0 bridgehead atoms. The summed E-state index contributed by atoms with van der Waals surface area (Å²) in [4.78, 5) is 25.9. The largest absolute Gasteiger partial charge is 0.403 e. The number of hydrogen-bond donors (Lipinski definition) is 0. The third-order valence-corrected chi connectivity index (χ3v) is 3.01. The van der Waals surface area contributed by atoms with Crippen LogP contribution in [0.25, 0.3) is 22.4 Å². The minimum Gasteiger partial charge on any atom is -0.403 e. The Bertz CT molecular complexity index is 948. The van der Waals surface area contributed by atoms with Gasteiger partial charge in [-0.2, -0.15) is 0 Å². The minimum atomic E-state index is -1.09. The Kier molecular flexibility index (Phi) is 3.13. The van der Waals surface area contributed by atoms with Crippen molar-refractivity contribution in [2.24, 2.45) is 0 Å². The fourth-order valence-corrected chi connectivity index (χ4v) is 2.06. The van der Waals surface area contributed by atoms with Crippen LogP contribution in [-0.4, -0.2) is 9.91 Å². The van der Waals surface area contributed by atoms with Gasteiger partial charge in [0, 0.05) is 6.07 Å². The average molecular weight is 304 g/mol. The monoisotopic (exact) mass is 304 g/mol. The highest BCUT2D eigenvalue weighted by molar-refractivity contribution is 5.87. The lowest BCUT2D eigenvalue weighted by atomic mass is 10.1. The molecule has 0 aliphatic heterocycles. The number of nitrogens with zero attached hydrogens (tertiary/aromatic N) is 2. The van der Waals surface area contributed by atoms with Gasteiger partial charge in [0.05, 0.1) is 10.4 Å². The number of benzene rings is 2. The van der Waals surface area contributed by atoms with Gasteiger partial charge in [-0.3, -0.25) is 10.1 Å². The average Bonchev–Trinajstić information content (AvgIpc) is 2.46. The maximum atomic E-state index is 13.7. The van der Waals surface area contributed by atoms with Gasteiger partial charge in [-0.15, -0.1) is 0 Å². The van der Waals surface area contributed by atoms with Crippen molar-refractivity contribution in [3.63, 3.8) is 0 Å². The number of hydrogen-bond acceptors (Lipinski definition) is 5. The predicted octanol–water partition coefficient (Wildman–Crippen LogP) is 3.04. The molecule has 0 radical (unpaired) electrons. The van der Waals surface area contributed by atoms with Gasteiger partial charge < -0.3 is 4.42 Å². The smallest absolute Gasteiger partial charge is 0.354 e. The molecule has 0 atom stereocenters. The van der Waals surface area contributed by atoms with E-state index in [9.17, 15) is 23.7 Å². The highest BCUT2D eigenvalue weighted by Gasteiger charge is 2.21. The number of aromatic nitrogens is 1. The van der Waals surface area contributed by atoms with E-state index < -0.39 is 39.3 Å². The second-order valence-electron chi connectivity index (χ2n) is 4.33. The first-order valence-corrected chi connectivity index (χ1v) is 6.01. The fraction of sp³-hybridized carbons (Fsp3) is 0. The van der Waals surface area contributed by atoms with Crippen LogP contribution in [-0.2, 0) is 0 Å². The fourth-order valence-electron chi connectivity index (χ4n) is 2.06. The van der Waals surface area contributed by atoms with Crippen molar-refractivity contribution in [3.05, 3.63) is 68.6 Å². The highest BCUT2D eigenvalue weighted by Crippen LogP contribution is 2.27. The van der Waals surface area contributed by atoms with Crippen molar-refractivity contribution >= 4 is 16.6 Å². The summed E-state index contributed by atoms with van der Waals surface area (Å²) >= 11 is 0. The van der Waals surface area contributed by atoms with E-state index >= 15 is 0 Å². The summed E-state index contributed by atoms with van der Waals surface area (Å²) in [5, 5.41) is 10.6. The highest BCUT2D eigenvalue weighted by atomic mass is 19.1. The number of halogens is 2. The van der Waals surface area contributed by atoms with Crippen LogP contribution in [0.1, 0.15) is 0 Å². The van der Waals surface area contributed by atoms with Gasteiger partial charge in [-0.1, -0.05) is 12.1 Å². The lowest BCUT2D eigenvalue weighted by Gasteiger charge is -2.04. The summed E-state index contributed by atoms with van der Waals surface area (Å²) in [6.45, 7) is 0. The molecular formula is C14H6F2N2O4. The molecule has 1 aromatic heterocycles. The van der Waals surface area contributed by atoms with Crippen molar-refractivity contribution in [2.45, 2.75) is 0 Å². The van der Waals surface area contributed by atoms with Crippen LogP contribution < -0.4 is 5.63 Å². The second kappa shape index (κ2) is 4.99. The molecule has 0 aliphatic rings. The van der Waals surface area contributed by atoms with E-state index in [0.29, 0.717) is 0 Å². The summed E-state index contributed by atoms with van der Waals surface area (Å²) in [5.74, 6) is -2.49. The molecule has 0 amide bonds. The quantitative estimate of drug-likeness (QED) is 0.536. The van der Waals surface area contributed by atoms with Crippen LogP contribution in [0.5, 0.6) is 0 Å². The summed E-state index contributed by atoms with van der Waals surface area (Å²) in [7, 11) is 0. The topological polar surface area (TPSA) is 86.2 Å². The van der Waals surface area contributed by atoms with Crippen LogP contribution in [0.2, 0.25) is 0 Å². The maximum Gasteiger partial charge on any atom is 0.354 e. The standard InChI is InChI=1S/C14H6F2N2O4/c15-7-3-1-4-8(16)11(7)13-17-9-5-2-6-10(18(20)21)12(9)14(19)22-13/h1-6H. The lowest BCUT2D eigenvalue weighted by molar-refractivity contribution is -0.383. The molecule has 1 heterocycles. The zero-order valence-corrected chi connectivity index (χ0v) is 10.7. The zero-order valence-electron chi connectivity index (χ0n) is 10.7. The Labute approximate surface area is 120 Å². The van der Waals surface area contributed by atoms with Crippen LogP contribution >= 0.6 is 0 Å². The van der Waals surface area contributed by atoms with Gasteiger partial charge in [0.25, 0.3) is 5.69 Å². The van der Waals surface area contributed by atoms with E-state index in [-0.39, 0.29) is 10.9 Å². The first kappa shape index (κ1) is 13.8. The Morgan fingerprint density at radius 3 is 2.36 bits per heavy atom. The molecule has 0 fully saturated rings. The molecule has 8 heteroatoms. The number of nitro groups is 1. The molecule has 6 nitrogen and oxygen atoms in total. The van der Waals surface area contributed by atoms with E-state index in [1.807, 2.05) is 0 Å². The molecular weight excluding hydrogens is 298 g/mol. The number of rotatable bonds is 2. The second-order valence-corrected chi connectivity index (χ2v) is 4.33. The molecule has 0 unspecified atom stereocenters. The molecule has 0 saturated carbocycles. The van der Waals surface area contributed by atoms with E-state index in [1.54, 1.807) is 0 Å². The van der Waals surface area contributed by atoms with Gasteiger partial charge in [0.15, 0.2) is 5.39 Å². The van der Waals surface area contributed by atoms with E-state index in [0.717, 1.165) is 24.3 Å². The SMILES string of the molecule is O=c1oc(-c2c(F)cccc2F)nc2cccc([N+](=O)[O-])c12. The third-order valence-electron chi connectivity index (χ3n) is 3.01. The molecule has 110 valence electrons. The first-order valence-electron chi connectivity index (χ1n) is 6.01. The van der Waals surface area contributed by atoms with Gasteiger partial charge in [-0.25, -0.2) is 18.6 Å². The van der Waals surface area contributed by atoms with Gasteiger partial charge in [-0.05, 0) is 18.2 Å². The van der Waals surface area contributed by atoms with Crippen molar-refractivity contribution < 1.29 is 18.1 Å². The molecule has 0 saturated heterocycles. The Morgan fingerprint density at radius 2 is 1.73 bits per heavy atom. The molecule has 0 aliphatic carbocycles. The van der Waals surface area contributed by atoms with Crippen LogP contribution in [0.4, 0.5) is 14.5 Å². The summed E-state index contributed by atoms with van der Waals surface area (Å²) in [6, 6.07) is 6.87. The van der Waals surface area contributed by atoms with E-state index in [2.05, 4.69) is 4.98 Å². The van der Waals surface area contributed by atoms with Crippen molar-refractivity contribution in [1.29, 1.82) is 0 Å². The molecule has 0 N–H and O–H groups in total. The Hall–Kier alpha value is -3.16. The summed E-state index contributed by atoms with van der Waals surface area (Å²) < 4.78 is 32.2. The third kappa shape index (κ3) is 2.10. The molecule has 0 spiro atoms. The Morgan fingerprint density at radius 1 is 1.09 bits per heavy atom. The maximum absolute atomic E-state index is 13.7. The van der Waals surface area contributed by atoms with Gasteiger partial charge >= 0.3 is 5.63 Å². The predicted molar refractivity (Wildman–Crippen MR) is 72.3 cm³/mol. The molecule has 3 aromatic rings. The van der Waals surface area contributed by atoms with Gasteiger partial charge in [0.1, 0.15) is 17.2 Å². The number of nitro benzene ring substituents is 1. The molecule has 2 aromatic carbocycles. The molecule has 22 heavy (non-hydrogen) atoms. The molecule has 3 rings (SSSR count). The first-order chi connectivity index (χ1) is 10.5. The minimum absolute atomic E-state index is 0.0805. The summed E-state index contributed by atoms with van der Waals surface area (Å²) in [5.41, 5.74) is -2.26.